The number of benzene rings is 1. The molecule has 0 saturated heterocycles. The number of aryl methyl sites for hydroxylation is 1. The Bertz CT molecular complexity index is 402. The van der Waals surface area contributed by atoms with E-state index in [0.29, 0.717) is 17.9 Å². The van der Waals surface area contributed by atoms with Crippen molar-refractivity contribution in [1.82, 2.24) is 4.90 Å². The fourth-order valence-electron chi connectivity index (χ4n) is 1.71. The number of carbonyl (C=O) groups is 1. The Labute approximate surface area is 102 Å². The van der Waals surface area contributed by atoms with Crippen LogP contribution in [-0.4, -0.2) is 37.6 Å². The summed E-state index contributed by atoms with van der Waals surface area (Å²) >= 11 is 0. The van der Waals surface area contributed by atoms with Gasteiger partial charge in [-0.15, -0.1) is 0 Å². The molecule has 4 nitrogen and oxygen atoms in total. The standard InChI is InChI=1S/C13H20N2O2/c1-9-5-6-12(17-4)11(7-9)13(16)15(3)8-10(2)14/h5-7,10H,8,14H2,1-4H3. The van der Waals surface area contributed by atoms with Crippen LogP contribution in [0.4, 0.5) is 0 Å². The van der Waals surface area contributed by atoms with Crippen LogP contribution in [0, 0.1) is 6.92 Å². The van der Waals surface area contributed by atoms with E-state index in [1.807, 2.05) is 32.0 Å². The van der Waals surface area contributed by atoms with Crippen LogP contribution in [0.2, 0.25) is 0 Å². The number of likely N-dealkylation sites (N-methyl/N-ethyl adjacent to an activating group) is 1. The zero-order valence-electron chi connectivity index (χ0n) is 10.9. The molecule has 0 saturated carbocycles. The zero-order chi connectivity index (χ0) is 13.0. The van der Waals surface area contributed by atoms with Crippen molar-refractivity contribution in [3.8, 4) is 5.75 Å². The molecule has 0 aromatic heterocycles. The van der Waals surface area contributed by atoms with Gasteiger partial charge in [-0.05, 0) is 26.0 Å². The van der Waals surface area contributed by atoms with E-state index < -0.39 is 0 Å². The van der Waals surface area contributed by atoms with Gasteiger partial charge in [-0.3, -0.25) is 4.79 Å². The van der Waals surface area contributed by atoms with Gasteiger partial charge in [0, 0.05) is 19.6 Å². The van der Waals surface area contributed by atoms with Gasteiger partial charge in [0.05, 0.1) is 12.7 Å². The van der Waals surface area contributed by atoms with Crippen molar-refractivity contribution in [2.45, 2.75) is 19.9 Å². The third kappa shape index (κ3) is 3.46. The molecule has 1 aromatic rings. The first kappa shape index (κ1) is 13.5. The number of carbonyl (C=O) groups excluding carboxylic acids is 1. The molecule has 1 unspecified atom stereocenters. The molecule has 0 spiro atoms. The van der Waals surface area contributed by atoms with E-state index in [-0.39, 0.29) is 11.9 Å². The maximum Gasteiger partial charge on any atom is 0.257 e. The minimum Gasteiger partial charge on any atom is -0.496 e. The Balaban J connectivity index is 2.98. The van der Waals surface area contributed by atoms with E-state index in [2.05, 4.69) is 0 Å². The molecule has 0 aliphatic rings. The first-order valence-electron chi connectivity index (χ1n) is 5.61. The number of methoxy groups -OCH3 is 1. The largest absolute Gasteiger partial charge is 0.496 e. The number of rotatable bonds is 4. The van der Waals surface area contributed by atoms with E-state index in [4.69, 9.17) is 10.5 Å². The van der Waals surface area contributed by atoms with Gasteiger partial charge in [0.25, 0.3) is 5.91 Å². The normalized spacial score (nSPS) is 12.1. The van der Waals surface area contributed by atoms with Crippen molar-refractivity contribution in [2.24, 2.45) is 5.73 Å². The fraction of sp³-hybridized carbons (Fsp3) is 0.462. The highest BCUT2D eigenvalue weighted by atomic mass is 16.5. The summed E-state index contributed by atoms with van der Waals surface area (Å²) in [6, 6.07) is 5.52. The van der Waals surface area contributed by atoms with E-state index in [0.717, 1.165) is 5.56 Å². The number of hydrogen-bond donors (Lipinski definition) is 1. The van der Waals surface area contributed by atoms with Gasteiger partial charge in [0.1, 0.15) is 5.75 Å². The average Bonchev–Trinajstić information content (AvgIpc) is 2.27. The molecule has 2 N–H and O–H groups in total. The number of nitrogens with two attached hydrogens (primary N) is 1. The van der Waals surface area contributed by atoms with Crippen molar-refractivity contribution in [3.05, 3.63) is 29.3 Å². The Hall–Kier alpha value is -1.55. The van der Waals surface area contributed by atoms with Crippen LogP contribution in [0.5, 0.6) is 5.75 Å². The highest BCUT2D eigenvalue weighted by molar-refractivity contribution is 5.97. The van der Waals surface area contributed by atoms with Crippen molar-refractivity contribution in [3.63, 3.8) is 0 Å². The third-order valence-corrected chi connectivity index (χ3v) is 2.49. The molecule has 1 aromatic carbocycles. The Morgan fingerprint density at radius 3 is 2.71 bits per heavy atom. The summed E-state index contributed by atoms with van der Waals surface area (Å²) in [6.07, 6.45) is 0. The van der Waals surface area contributed by atoms with Gasteiger partial charge >= 0.3 is 0 Å². The van der Waals surface area contributed by atoms with Gasteiger partial charge in [0.15, 0.2) is 0 Å². The van der Waals surface area contributed by atoms with Crippen LogP contribution < -0.4 is 10.5 Å². The van der Waals surface area contributed by atoms with Crippen LogP contribution in [0.25, 0.3) is 0 Å². The number of ether oxygens (including phenoxy) is 1. The summed E-state index contributed by atoms with van der Waals surface area (Å²) in [5.41, 5.74) is 7.29. The van der Waals surface area contributed by atoms with Crippen LogP contribution in [-0.2, 0) is 0 Å². The summed E-state index contributed by atoms with van der Waals surface area (Å²) in [5.74, 6) is 0.528. The predicted molar refractivity (Wildman–Crippen MR) is 68.3 cm³/mol. The summed E-state index contributed by atoms with van der Waals surface area (Å²) in [5, 5.41) is 0. The minimum absolute atomic E-state index is 0.0419. The van der Waals surface area contributed by atoms with Crippen molar-refractivity contribution in [1.29, 1.82) is 0 Å². The van der Waals surface area contributed by atoms with Crippen LogP contribution >= 0.6 is 0 Å². The molecule has 0 radical (unpaired) electrons. The van der Waals surface area contributed by atoms with Crippen molar-refractivity contribution < 1.29 is 9.53 Å². The lowest BCUT2D eigenvalue weighted by Crippen LogP contribution is -2.37. The van der Waals surface area contributed by atoms with Crippen LogP contribution in [0.1, 0.15) is 22.8 Å². The molecular weight excluding hydrogens is 216 g/mol. The maximum absolute atomic E-state index is 12.2. The molecule has 1 atom stereocenters. The second-order valence-electron chi connectivity index (χ2n) is 4.37. The van der Waals surface area contributed by atoms with Gasteiger partial charge in [-0.2, -0.15) is 0 Å². The zero-order valence-corrected chi connectivity index (χ0v) is 10.9. The van der Waals surface area contributed by atoms with Crippen molar-refractivity contribution in [2.75, 3.05) is 20.7 Å². The Kier molecular flexibility index (Phi) is 4.52. The molecular formula is C13H20N2O2. The summed E-state index contributed by atoms with van der Waals surface area (Å²) in [4.78, 5) is 13.8. The molecule has 0 fully saturated rings. The molecule has 0 heterocycles. The SMILES string of the molecule is COc1ccc(C)cc1C(=O)N(C)CC(C)N. The first-order chi connectivity index (χ1) is 7.95. The summed E-state index contributed by atoms with van der Waals surface area (Å²) in [6.45, 7) is 4.34. The van der Waals surface area contributed by atoms with Gasteiger partial charge in [0.2, 0.25) is 0 Å². The lowest BCUT2D eigenvalue weighted by molar-refractivity contribution is 0.0785. The van der Waals surface area contributed by atoms with Crippen LogP contribution in [0.3, 0.4) is 0 Å². The first-order valence-corrected chi connectivity index (χ1v) is 5.61. The van der Waals surface area contributed by atoms with Gasteiger partial charge in [-0.25, -0.2) is 0 Å². The van der Waals surface area contributed by atoms with Gasteiger partial charge < -0.3 is 15.4 Å². The van der Waals surface area contributed by atoms with E-state index in [1.165, 1.54) is 0 Å². The second kappa shape index (κ2) is 5.68. The molecule has 1 amide bonds. The highest BCUT2D eigenvalue weighted by Crippen LogP contribution is 2.21. The molecule has 17 heavy (non-hydrogen) atoms. The number of hydrogen-bond acceptors (Lipinski definition) is 3. The predicted octanol–water partition coefficient (Wildman–Crippen LogP) is 1.42. The van der Waals surface area contributed by atoms with Crippen LogP contribution in [0.15, 0.2) is 18.2 Å². The molecule has 0 aliphatic carbocycles. The molecule has 94 valence electrons. The Morgan fingerprint density at radius 1 is 1.53 bits per heavy atom. The quantitative estimate of drug-likeness (QED) is 0.860. The lowest BCUT2D eigenvalue weighted by atomic mass is 10.1. The molecule has 0 aliphatic heterocycles. The van der Waals surface area contributed by atoms with E-state index in [1.54, 1.807) is 19.1 Å². The molecule has 4 heteroatoms. The number of amides is 1. The van der Waals surface area contributed by atoms with E-state index >= 15 is 0 Å². The van der Waals surface area contributed by atoms with E-state index in [9.17, 15) is 4.79 Å². The monoisotopic (exact) mass is 236 g/mol. The second-order valence-corrected chi connectivity index (χ2v) is 4.37. The highest BCUT2D eigenvalue weighted by Gasteiger charge is 2.17. The summed E-state index contributed by atoms with van der Waals surface area (Å²) < 4.78 is 5.20. The van der Waals surface area contributed by atoms with Gasteiger partial charge in [-0.1, -0.05) is 11.6 Å². The number of nitrogens with zero attached hydrogens (tertiary/aromatic N) is 1. The van der Waals surface area contributed by atoms with Crippen molar-refractivity contribution >= 4 is 5.91 Å². The fourth-order valence-corrected chi connectivity index (χ4v) is 1.71. The third-order valence-electron chi connectivity index (χ3n) is 2.49. The average molecular weight is 236 g/mol. The topological polar surface area (TPSA) is 55.6 Å². The Morgan fingerprint density at radius 2 is 2.18 bits per heavy atom. The molecule has 1 rings (SSSR count). The molecule has 0 bridgehead atoms. The summed E-state index contributed by atoms with van der Waals surface area (Å²) in [7, 11) is 3.31. The minimum atomic E-state index is -0.0668. The maximum atomic E-state index is 12.2. The lowest BCUT2D eigenvalue weighted by Gasteiger charge is -2.20. The smallest absolute Gasteiger partial charge is 0.257 e.